The third-order valence-corrected chi connectivity index (χ3v) is 2.57. The standard InChI is InChI=1S/C11H12BrClO2/c1-2-15-11-4-3-8(7-9(11)13)10(14)5-6-12/h3-4,7H,2,5-6H2,1H3. The zero-order valence-corrected chi connectivity index (χ0v) is 10.8. The van der Waals surface area contributed by atoms with E-state index in [0.717, 1.165) is 0 Å². The predicted molar refractivity (Wildman–Crippen MR) is 65.4 cm³/mol. The van der Waals surface area contributed by atoms with E-state index in [-0.39, 0.29) is 5.78 Å². The van der Waals surface area contributed by atoms with E-state index in [1.165, 1.54) is 0 Å². The molecule has 4 heteroatoms. The van der Waals surface area contributed by atoms with E-state index < -0.39 is 0 Å². The fourth-order valence-electron chi connectivity index (χ4n) is 1.18. The molecule has 1 aromatic carbocycles. The quantitative estimate of drug-likeness (QED) is 0.611. The fourth-order valence-corrected chi connectivity index (χ4v) is 1.77. The smallest absolute Gasteiger partial charge is 0.163 e. The van der Waals surface area contributed by atoms with Crippen LogP contribution in [-0.2, 0) is 0 Å². The Hall–Kier alpha value is -0.540. The van der Waals surface area contributed by atoms with Gasteiger partial charge in [-0.25, -0.2) is 0 Å². The minimum absolute atomic E-state index is 0.0804. The maximum Gasteiger partial charge on any atom is 0.163 e. The van der Waals surface area contributed by atoms with E-state index in [1.807, 2.05) is 6.92 Å². The van der Waals surface area contributed by atoms with E-state index in [4.69, 9.17) is 16.3 Å². The Morgan fingerprint density at radius 1 is 1.53 bits per heavy atom. The lowest BCUT2D eigenvalue weighted by molar-refractivity contribution is 0.0990. The Kier molecular flexibility index (Phi) is 5.12. The van der Waals surface area contributed by atoms with E-state index in [0.29, 0.717) is 34.7 Å². The van der Waals surface area contributed by atoms with Crippen molar-refractivity contribution < 1.29 is 9.53 Å². The Morgan fingerprint density at radius 2 is 2.27 bits per heavy atom. The lowest BCUT2D eigenvalue weighted by Gasteiger charge is -2.06. The maximum absolute atomic E-state index is 11.5. The van der Waals surface area contributed by atoms with Crippen molar-refractivity contribution in [3.63, 3.8) is 0 Å². The second-order valence-electron chi connectivity index (χ2n) is 2.94. The second kappa shape index (κ2) is 6.13. The van der Waals surface area contributed by atoms with Crippen LogP contribution in [0.5, 0.6) is 5.75 Å². The molecule has 2 nitrogen and oxygen atoms in total. The highest BCUT2D eigenvalue weighted by Crippen LogP contribution is 2.25. The van der Waals surface area contributed by atoms with Gasteiger partial charge in [0.25, 0.3) is 0 Å². The molecule has 0 saturated carbocycles. The first-order valence-corrected chi connectivity index (χ1v) is 6.20. The lowest BCUT2D eigenvalue weighted by atomic mass is 10.1. The van der Waals surface area contributed by atoms with Crippen LogP contribution in [0.4, 0.5) is 0 Å². The van der Waals surface area contributed by atoms with Gasteiger partial charge in [-0.2, -0.15) is 0 Å². The maximum atomic E-state index is 11.5. The van der Waals surface area contributed by atoms with Gasteiger partial charge in [-0.05, 0) is 25.1 Å². The number of hydrogen-bond acceptors (Lipinski definition) is 2. The summed E-state index contributed by atoms with van der Waals surface area (Å²) in [5, 5.41) is 1.15. The summed E-state index contributed by atoms with van der Waals surface area (Å²) in [5.41, 5.74) is 0.628. The first-order chi connectivity index (χ1) is 7.19. The van der Waals surface area contributed by atoms with Crippen molar-refractivity contribution in [3.8, 4) is 5.75 Å². The molecular formula is C11H12BrClO2. The molecule has 0 saturated heterocycles. The van der Waals surface area contributed by atoms with Gasteiger partial charge in [-0.3, -0.25) is 4.79 Å². The summed E-state index contributed by atoms with van der Waals surface area (Å²) < 4.78 is 5.28. The van der Waals surface area contributed by atoms with E-state index in [2.05, 4.69) is 15.9 Å². The number of rotatable bonds is 5. The molecule has 15 heavy (non-hydrogen) atoms. The molecular weight excluding hydrogens is 279 g/mol. The van der Waals surface area contributed by atoms with Crippen molar-refractivity contribution in [2.24, 2.45) is 0 Å². The van der Waals surface area contributed by atoms with Crippen LogP contribution in [0.1, 0.15) is 23.7 Å². The molecule has 0 fully saturated rings. The van der Waals surface area contributed by atoms with Crippen molar-refractivity contribution >= 4 is 33.3 Å². The molecule has 0 aliphatic carbocycles. The second-order valence-corrected chi connectivity index (χ2v) is 4.14. The molecule has 1 aromatic rings. The van der Waals surface area contributed by atoms with Crippen LogP contribution < -0.4 is 4.74 Å². The Balaban J connectivity index is 2.86. The summed E-state index contributed by atoms with van der Waals surface area (Å²) in [5.74, 6) is 0.700. The molecule has 0 spiro atoms. The summed E-state index contributed by atoms with van der Waals surface area (Å²) in [6.07, 6.45) is 0.476. The number of carbonyl (C=O) groups is 1. The minimum Gasteiger partial charge on any atom is -0.492 e. The van der Waals surface area contributed by atoms with Crippen molar-refractivity contribution in [1.29, 1.82) is 0 Å². The Labute approximate surface area is 103 Å². The van der Waals surface area contributed by atoms with Crippen LogP contribution in [0.2, 0.25) is 5.02 Å². The number of ether oxygens (including phenoxy) is 1. The van der Waals surface area contributed by atoms with Crippen molar-refractivity contribution in [2.45, 2.75) is 13.3 Å². The third kappa shape index (κ3) is 3.50. The molecule has 0 unspecified atom stereocenters. The lowest BCUT2D eigenvalue weighted by Crippen LogP contribution is -2.00. The summed E-state index contributed by atoms with van der Waals surface area (Å²) >= 11 is 9.19. The molecule has 0 aliphatic heterocycles. The van der Waals surface area contributed by atoms with Crippen molar-refractivity contribution in [1.82, 2.24) is 0 Å². The average molecular weight is 292 g/mol. The highest BCUT2D eigenvalue weighted by molar-refractivity contribution is 9.09. The first kappa shape index (κ1) is 12.5. The largest absolute Gasteiger partial charge is 0.492 e. The number of benzene rings is 1. The average Bonchev–Trinajstić information content (AvgIpc) is 2.21. The molecule has 0 heterocycles. The number of hydrogen-bond donors (Lipinski definition) is 0. The summed E-state index contributed by atoms with van der Waals surface area (Å²) in [4.78, 5) is 11.5. The fraction of sp³-hybridized carbons (Fsp3) is 0.364. The number of alkyl halides is 1. The van der Waals surface area contributed by atoms with Crippen molar-refractivity contribution in [3.05, 3.63) is 28.8 Å². The van der Waals surface area contributed by atoms with Crippen LogP contribution in [0, 0.1) is 0 Å². The van der Waals surface area contributed by atoms with Crippen LogP contribution in [0.25, 0.3) is 0 Å². The van der Waals surface area contributed by atoms with Gasteiger partial charge in [0.2, 0.25) is 0 Å². The molecule has 0 aromatic heterocycles. The summed E-state index contributed by atoms with van der Waals surface area (Å²) in [7, 11) is 0. The Morgan fingerprint density at radius 3 is 2.80 bits per heavy atom. The number of Topliss-reactive ketones (excluding diaryl/α,β-unsaturated/α-hetero) is 1. The van der Waals surface area contributed by atoms with Crippen LogP contribution in [-0.4, -0.2) is 17.7 Å². The van der Waals surface area contributed by atoms with E-state index in [9.17, 15) is 4.79 Å². The van der Waals surface area contributed by atoms with Crippen LogP contribution in [0.3, 0.4) is 0 Å². The Bertz CT molecular complexity index is 352. The van der Waals surface area contributed by atoms with Gasteiger partial charge in [-0.1, -0.05) is 27.5 Å². The molecule has 82 valence electrons. The van der Waals surface area contributed by atoms with Gasteiger partial charge in [0.15, 0.2) is 5.78 Å². The van der Waals surface area contributed by atoms with E-state index in [1.54, 1.807) is 18.2 Å². The topological polar surface area (TPSA) is 26.3 Å². The van der Waals surface area contributed by atoms with Gasteiger partial charge >= 0.3 is 0 Å². The minimum atomic E-state index is 0.0804. The SMILES string of the molecule is CCOc1ccc(C(=O)CCBr)cc1Cl. The van der Waals surface area contributed by atoms with Gasteiger partial charge in [0, 0.05) is 17.3 Å². The first-order valence-electron chi connectivity index (χ1n) is 4.70. The van der Waals surface area contributed by atoms with Gasteiger partial charge in [0.05, 0.1) is 11.6 Å². The van der Waals surface area contributed by atoms with E-state index >= 15 is 0 Å². The molecule has 0 aliphatic rings. The third-order valence-electron chi connectivity index (χ3n) is 1.88. The van der Waals surface area contributed by atoms with Gasteiger partial charge in [-0.15, -0.1) is 0 Å². The molecule has 0 radical (unpaired) electrons. The number of halogens is 2. The van der Waals surface area contributed by atoms with Crippen LogP contribution in [0.15, 0.2) is 18.2 Å². The van der Waals surface area contributed by atoms with Gasteiger partial charge < -0.3 is 4.74 Å². The number of carbonyl (C=O) groups excluding carboxylic acids is 1. The zero-order valence-electron chi connectivity index (χ0n) is 8.43. The molecule has 0 atom stereocenters. The summed E-state index contributed by atoms with van der Waals surface area (Å²) in [6.45, 7) is 2.45. The molecule has 0 bridgehead atoms. The molecule has 0 N–H and O–H groups in total. The zero-order chi connectivity index (χ0) is 11.3. The van der Waals surface area contributed by atoms with Gasteiger partial charge in [0.1, 0.15) is 5.75 Å². The molecule has 0 amide bonds. The monoisotopic (exact) mass is 290 g/mol. The normalized spacial score (nSPS) is 10.1. The van der Waals surface area contributed by atoms with Crippen LogP contribution >= 0.6 is 27.5 Å². The highest BCUT2D eigenvalue weighted by atomic mass is 79.9. The summed E-state index contributed by atoms with van der Waals surface area (Å²) in [6, 6.07) is 5.12. The highest BCUT2D eigenvalue weighted by Gasteiger charge is 2.08. The predicted octanol–water partition coefficient (Wildman–Crippen LogP) is 3.71. The van der Waals surface area contributed by atoms with Crippen molar-refractivity contribution in [2.75, 3.05) is 11.9 Å². The molecule has 1 rings (SSSR count). The number of ketones is 1.